The van der Waals surface area contributed by atoms with Crippen molar-refractivity contribution in [1.82, 2.24) is 5.32 Å². The van der Waals surface area contributed by atoms with E-state index in [1.54, 1.807) is 36.1 Å². The number of carbonyl (C=O) groups excluding carboxylic acids is 3. The molecule has 2 N–H and O–H groups in total. The van der Waals surface area contributed by atoms with Gasteiger partial charge >= 0.3 is 12.0 Å². The average Bonchev–Trinajstić information content (AvgIpc) is 3.03. The predicted octanol–water partition coefficient (Wildman–Crippen LogP) is 3.34. The lowest BCUT2D eigenvalue weighted by Crippen LogP contribution is -2.43. The first kappa shape index (κ1) is 21.4. The first-order valence-electron chi connectivity index (χ1n) is 10.1. The van der Waals surface area contributed by atoms with E-state index in [2.05, 4.69) is 16.7 Å². The van der Waals surface area contributed by atoms with Crippen LogP contribution in [0.25, 0.3) is 0 Å². The van der Waals surface area contributed by atoms with Crippen molar-refractivity contribution in [2.45, 2.75) is 39.7 Å². The number of benzene rings is 2. The Balaban J connectivity index is 1.55. The summed E-state index contributed by atoms with van der Waals surface area (Å²) < 4.78 is 4.92. The summed E-state index contributed by atoms with van der Waals surface area (Å²) in [6.45, 7) is 6.67. The molecule has 0 radical (unpaired) electrons. The number of hydrogen-bond acceptors (Lipinski definition) is 4. The van der Waals surface area contributed by atoms with Crippen LogP contribution in [0.5, 0.6) is 0 Å². The van der Waals surface area contributed by atoms with Crippen molar-refractivity contribution in [1.29, 1.82) is 0 Å². The van der Waals surface area contributed by atoms with E-state index >= 15 is 0 Å². The topological polar surface area (TPSA) is 87.7 Å². The van der Waals surface area contributed by atoms with Crippen molar-refractivity contribution in [2.75, 3.05) is 23.4 Å². The number of urea groups is 1. The Morgan fingerprint density at radius 3 is 2.40 bits per heavy atom. The fraction of sp³-hybridized carbons (Fsp3) is 0.348. The van der Waals surface area contributed by atoms with Gasteiger partial charge in [0.2, 0.25) is 5.91 Å². The molecule has 0 aromatic heterocycles. The molecule has 2 aromatic carbocycles. The molecule has 3 amide bonds. The number of amides is 3. The quantitative estimate of drug-likeness (QED) is 0.717. The number of anilines is 2. The molecule has 0 unspecified atom stereocenters. The van der Waals surface area contributed by atoms with Crippen molar-refractivity contribution in [3.05, 3.63) is 59.2 Å². The van der Waals surface area contributed by atoms with Crippen LogP contribution in [-0.4, -0.2) is 37.1 Å². The molecule has 7 heteroatoms. The highest BCUT2D eigenvalue weighted by Gasteiger charge is 2.33. The van der Waals surface area contributed by atoms with Crippen LogP contribution in [0, 0.1) is 13.8 Å². The molecular weight excluding hydrogens is 382 g/mol. The summed E-state index contributed by atoms with van der Waals surface area (Å²) >= 11 is 0. The second kappa shape index (κ2) is 9.43. The maximum Gasteiger partial charge on any atom is 0.319 e. The number of nitrogens with zero attached hydrogens (tertiary/aromatic N) is 1. The van der Waals surface area contributed by atoms with E-state index in [0.29, 0.717) is 25.3 Å². The van der Waals surface area contributed by atoms with Crippen molar-refractivity contribution in [2.24, 2.45) is 0 Å². The minimum Gasteiger partial charge on any atom is -0.466 e. The lowest BCUT2D eigenvalue weighted by Gasteiger charge is -2.18. The summed E-state index contributed by atoms with van der Waals surface area (Å²) in [7, 11) is 0. The highest BCUT2D eigenvalue weighted by Crippen LogP contribution is 2.24. The van der Waals surface area contributed by atoms with Gasteiger partial charge in [-0.15, -0.1) is 0 Å². The first-order chi connectivity index (χ1) is 14.4. The molecule has 0 bridgehead atoms. The molecule has 1 saturated heterocycles. The van der Waals surface area contributed by atoms with E-state index in [9.17, 15) is 14.4 Å². The number of ether oxygens (including phenoxy) is 1. The van der Waals surface area contributed by atoms with E-state index in [4.69, 9.17) is 4.74 Å². The van der Waals surface area contributed by atoms with Gasteiger partial charge in [0.25, 0.3) is 0 Å². The van der Waals surface area contributed by atoms with Crippen LogP contribution in [0.1, 0.15) is 30.0 Å². The minimum absolute atomic E-state index is 0.111. The predicted molar refractivity (Wildman–Crippen MR) is 116 cm³/mol. The maximum atomic E-state index is 12.8. The zero-order valence-corrected chi connectivity index (χ0v) is 17.5. The fourth-order valence-electron chi connectivity index (χ4n) is 3.59. The zero-order valence-electron chi connectivity index (χ0n) is 17.5. The van der Waals surface area contributed by atoms with Gasteiger partial charge in [0.05, 0.1) is 13.0 Å². The third-order valence-corrected chi connectivity index (χ3v) is 4.89. The maximum absolute atomic E-state index is 12.8. The van der Waals surface area contributed by atoms with Crippen molar-refractivity contribution >= 4 is 29.3 Å². The van der Waals surface area contributed by atoms with E-state index in [0.717, 1.165) is 22.4 Å². The van der Waals surface area contributed by atoms with E-state index in [1.165, 1.54) is 0 Å². The summed E-state index contributed by atoms with van der Waals surface area (Å²) in [5.74, 6) is -0.399. The largest absolute Gasteiger partial charge is 0.466 e. The lowest BCUT2D eigenvalue weighted by atomic mass is 10.1. The third-order valence-electron chi connectivity index (χ3n) is 4.89. The molecule has 158 valence electrons. The normalized spacial score (nSPS) is 15.8. The second-order valence-electron chi connectivity index (χ2n) is 7.45. The average molecular weight is 409 g/mol. The van der Waals surface area contributed by atoms with Crippen molar-refractivity contribution in [3.8, 4) is 0 Å². The van der Waals surface area contributed by atoms with Crippen LogP contribution < -0.4 is 15.5 Å². The van der Waals surface area contributed by atoms with Gasteiger partial charge in [-0.05, 0) is 68.1 Å². The number of nitrogens with one attached hydrogen (secondary N) is 2. The van der Waals surface area contributed by atoms with Gasteiger partial charge in [0.15, 0.2) is 0 Å². The molecule has 3 rings (SSSR count). The van der Waals surface area contributed by atoms with Crippen molar-refractivity contribution in [3.63, 3.8) is 0 Å². The molecule has 7 nitrogen and oxygen atoms in total. The van der Waals surface area contributed by atoms with E-state index < -0.39 is 12.1 Å². The molecular formula is C23H27N3O4. The van der Waals surface area contributed by atoms with Crippen LogP contribution in [0.3, 0.4) is 0 Å². The Morgan fingerprint density at radius 1 is 1.10 bits per heavy atom. The SMILES string of the molecule is CCOC(=O)Cc1ccc(NC(=O)N[C@@H]2CCN(c3cc(C)cc(C)c3)C2=O)cc1. The highest BCUT2D eigenvalue weighted by molar-refractivity contribution is 6.02. The Kier molecular flexibility index (Phi) is 6.72. The zero-order chi connectivity index (χ0) is 21.7. The molecule has 0 aliphatic carbocycles. The van der Waals surface area contributed by atoms with E-state index in [1.807, 2.05) is 26.0 Å². The number of rotatable bonds is 6. The standard InChI is InChI=1S/C23H27N3O4/c1-4-30-21(27)14-17-5-7-18(8-6-17)24-23(29)25-20-9-10-26(22(20)28)19-12-15(2)11-16(3)13-19/h5-8,11-13,20H,4,9-10,14H2,1-3H3,(H2,24,25,29)/t20-/m1/s1. The molecule has 1 aliphatic heterocycles. The Morgan fingerprint density at radius 2 is 1.77 bits per heavy atom. The fourth-order valence-corrected chi connectivity index (χ4v) is 3.59. The minimum atomic E-state index is -0.561. The summed E-state index contributed by atoms with van der Waals surface area (Å²) in [6, 6.07) is 12.0. The molecule has 0 spiro atoms. The Labute approximate surface area is 176 Å². The van der Waals surface area contributed by atoms with Gasteiger partial charge in [-0.1, -0.05) is 18.2 Å². The van der Waals surface area contributed by atoms with Gasteiger partial charge in [0, 0.05) is 17.9 Å². The number of esters is 1. The molecule has 0 saturated carbocycles. The Bertz CT molecular complexity index is 920. The van der Waals surface area contributed by atoms with Crippen LogP contribution in [0.15, 0.2) is 42.5 Å². The smallest absolute Gasteiger partial charge is 0.319 e. The first-order valence-corrected chi connectivity index (χ1v) is 10.1. The summed E-state index contributed by atoms with van der Waals surface area (Å²) in [6.07, 6.45) is 0.739. The monoisotopic (exact) mass is 409 g/mol. The molecule has 1 atom stereocenters. The van der Waals surface area contributed by atoms with Crippen LogP contribution >= 0.6 is 0 Å². The van der Waals surface area contributed by atoms with Crippen molar-refractivity contribution < 1.29 is 19.1 Å². The highest BCUT2D eigenvalue weighted by atomic mass is 16.5. The van der Waals surface area contributed by atoms with Gasteiger partial charge in [-0.25, -0.2) is 4.79 Å². The second-order valence-corrected chi connectivity index (χ2v) is 7.45. The van der Waals surface area contributed by atoms with Crippen LogP contribution in [0.2, 0.25) is 0 Å². The molecule has 1 fully saturated rings. The summed E-state index contributed by atoms with van der Waals surface area (Å²) in [4.78, 5) is 38.3. The number of hydrogen-bond donors (Lipinski definition) is 2. The number of aryl methyl sites for hydroxylation is 2. The molecule has 1 aliphatic rings. The van der Waals surface area contributed by atoms with Gasteiger partial charge < -0.3 is 20.3 Å². The summed E-state index contributed by atoms with van der Waals surface area (Å²) in [5.41, 5.74) is 4.43. The lowest BCUT2D eigenvalue weighted by molar-refractivity contribution is -0.142. The van der Waals surface area contributed by atoms with Gasteiger partial charge in [-0.3, -0.25) is 9.59 Å². The Hall–Kier alpha value is -3.35. The van der Waals surface area contributed by atoms with E-state index in [-0.39, 0.29) is 18.3 Å². The summed E-state index contributed by atoms with van der Waals surface area (Å²) in [5, 5.41) is 5.49. The van der Waals surface area contributed by atoms with Crippen LogP contribution in [-0.2, 0) is 20.7 Å². The molecule has 30 heavy (non-hydrogen) atoms. The number of carbonyl (C=O) groups is 3. The third kappa shape index (κ3) is 5.37. The van der Waals surface area contributed by atoms with Crippen LogP contribution in [0.4, 0.5) is 16.2 Å². The molecule has 2 aromatic rings. The van der Waals surface area contributed by atoms with Gasteiger partial charge in [-0.2, -0.15) is 0 Å². The molecule has 1 heterocycles. The van der Waals surface area contributed by atoms with Gasteiger partial charge in [0.1, 0.15) is 6.04 Å².